The molecular weight excluding hydrogens is 230 g/mol. The topological polar surface area (TPSA) is 60.2 Å². The summed E-state index contributed by atoms with van der Waals surface area (Å²) in [7, 11) is -3.69. The summed E-state index contributed by atoms with van der Waals surface area (Å²) in [4.78, 5) is 0.740. The lowest BCUT2D eigenvalue weighted by Crippen LogP contribution is -2.12. The molecule has 5 heteroatoms. The second-order valence-electron chi connectivity index (χ2n) is 3.15. The van der Waals surface area contributed by atoms with Crippen molar-refractivity contribution < 1.29 is 8.42 Å². The molecule has 2 aromatic carbocycles. The maximum atomic E-state index is 11.3. The van der Waals surface area contributed by atoms with Crippen LogP contribution in [0.25, 0.3) is 10.8 Å². The predicted molar refractivity (Wildman–Crippen MR) is 61.2 cm³/mol. The van der Waals surface area contributed by atoms with E-state index in [9.17, 15) is 8.42 Å². The highest BCUT2D eigenvalue weighted by molar-refractivity contribution is 7.89. The minimum Gasteiger partial charge on any atom is -0.225 e. The van der Waals surface area contributed by atoms with Gasteiger partial charge in [0.2, 0.25) is 10.0 Å². The molecule has 0 saturated carbocycles. The highest BCUT2D eigenvalue weighted by atomic mass is 32.2. The second kappa shape index (κ2) is 3.44. The van der Waals surface area contributed by atoms with E-state index in [4.69, 9.17) is 17.8 Å². The van der Waals surface area contributed by atoms with Gasteiger partial charge in [-0.1, -0.05) is 36.9 Å². The van der Waals surface area contributed by atoms with Crippen LogP contribution in [0.1, 0.15) is 0 Å². The Morgan fingerprint density at radius 2 is 1.60 bits per heavy atom. The molecule has 0 unspecified atom stereocenters. The van der Waals surface area contributed by atoms with Crippen LogP contribution in [0, 0.1) is 0 Å². The molecule has 77 valence electrons. The first kappa shape index (κ1) is 10.4. The van der Waals surface area contributed by atoms with E-state index >= 15 is 0 Å². The molecule has 0 saturated heterocycles. The van der Waals surface area contributed by atoms with E-state index < -0.39 is 10.0 Å². The average Bonchev–Trinajstić information content (AvgIpc) is 2.16. The summed E-state index contributed by atoms with van der Waals surface area (Å²) in [5.41, 5.74) is 0. The smallest absolute Gasteiger partial charge is 0.225 e. The van der Waals surface area contributed by atoms with Crippen LogP contribution in [-0.2, 0) is 10.0 Å². The fourth-order valence-corrected chi connectivity index (χ4v) is 2.51. The van der Waals surface area contributed by atoms with Crippen LogP contribution in [0.3, 0.4) is 0 Å². The maximum absolute atomic E-state index is 11.3. The van der Waals surface area contributed by atoms with Crippen molar-refractivity contribution in [1.29, 1.82) is 0 Å². The van der Waals surface area contributed by atoms with Crippen molar-refractivity contribution in [2.24, 2.45) is 5.14 Å². The lowest BCUT2D eigenvalue weighted by molar-refractivity contribution is 0.598. The zero-order valence-corrected chi connectivity index (χ0v) is 9.31. The van der Waals surface area contributed by atoms with Crippen LogP contribution >= 0.6 is 12.6 Å². The quantitative estimate of drug-likeness (QED) is 0.826. The van der Waals surface area contributed by atoms with Gasteiger partial charge in [-0.05, 0) is 12.1 Å². The third-order valence-corrected chi connectivity index (χ3v) is 3.47. The van der Waals surface area contributed by atoms with E-state index in [1.165, 1.54) is 6.07 Å². The summed E-state index contributed by atoms with van der Waals surface area (Å²) < 4.78 is 22.6. The molecule has 0 bridgehead atoms. The van der Waals surface area contributed by atoms with Gasteiger partial charge in [0.05, 0.1) is 4.90 Å². The van der Waals surface area contributed by atoms with Gasteiger partial charge in [0.25, 0.3) is 0 Å². The second-order valence-corrected chi connectivity index (χ2v) is 5.12. The molecule has 0 spiro atoms. The first-order valence-electron chi connectivity index (χ1n) is 4.22. The van der Waals surface area contributed by atoms with E-state index in [-0.39, 0.29) is 4.90 Å². The molecule has 0 amide bonds. The number of rotatable bonds is 1. The molecule has 0 atom stereocenters. The number of hydrogen-bond donors (Lipinski definition) is 1. The van der Waals surface area contributed by atoms with Crippen molar-refractivity contribution in [2.45, 2.75) is 9.79 Å². The summed E-state index contributed by atoms with van der Waals surface area (Å²) in [5.74, 6) is 0. The van der Waals surface area contributed by atoms with E-state index in [0.717, 1.165) is 5.39 Å². The standard InChI is InChI=1S/C10H8NO2S2/c11-15(12,13)10-6-2-3-7-8(10)4-1-5-9(7)14/h1-6H,(H2,11,12,13). The Morgan fingerprint density at radius 1 is 1.00 bits per heavy atom. The Balaban J connectivity index is 2.96. The highest BCUT2D eigenvalue weighted by Gasteiger charge is 2.12. The van der Waals surface area contributed by atoms with E-state index in [2.05, 4.69) is 0 Å². The Morgan fingerprint density at radius 3 is 2.27 bits per heavy atom. The van der Waals surface area contributed by atoms with Crippen molar-refractivity contribution >= 4 is 33.4 Å². The van der Waals surface area contributed by atoms with Crippen LogP contribution in [-0.4, -0.2) is 8.42 Å². The fraction of sp³-hybridized carbons (Fsp3) is 0. The largest absolute Gasteiger partial charge is 0.238 e. The maximum Gasteiger partial charge on any atom is 0.238 e. The molecule has 3 nitrogen and oxygen atoms in total. The fourth-order valence-electron chi connectivity index (χ4n) is 1.50. The molecule has 2 aromatic rings. The Hall–Kier alpha value is -1.17. The summed E-state index contributed by atoms with van der Waals surface area (Å²) >= 11 is 5.10. The highest BCUT2D eigenvalue weighted by Crippen LogP contribution is 2.26. The van der Waals surface area contributed by atoms with Gasteiger partial charge in [0.15, 0.2) is 0 Å². The minimum absolute atomic E-state index is 0.117. The van der Waals surface area contributed by atoms with Gasteiger partial charge in [-0.15, -0.1) is 0 Å². The van der Waals surface area contributed by atoms with Gasteiger partial charge in [0, 0.05) is 15.7 Å². The summed E-state index contributed by atoms with van der Waals surface area (Å²) in [6.45, 7) is 0. The summed E-state index contributed by atoms with van der Waals surface area (Å²) in [6, 6.07) is 10.1. The van der Waals surface area contributed by atoms with Gasteiger partial charge < -0.3 is 0 Å². The Labute approximate surface area is 93.4 Å². The van der Waals surface area contributed by atoms with E-state index in [0.29, 0.717) is 10.3 Å². The minimum atomic E-state index is -3.69. The zero-order valence-electron chi connectivity index (χ0n) is 7.67. The van der Waals surface area contributed by atoms with Gasteiger partial charge in [-0.3, -0.25) is 0 Å². The molecule has 15 heavy (non-hydrogen) atoms. The van der Waals surface area contributed by atoms with Crippen molar-refractivity contribution in [2.75, 3.05) is 0 Å². The Kier molecular flexibility index (Phi) is 2.38. The first-order valence-corrected chi connectivity index (χ1v) is 6.17. The van der Waals surface area contributed by atoms with Crippen molar-refractivity contribution in [3.8, 4) is 0 Å². The van der Waals surface area contributed by atoms with Crippen LogP contribution in [0.4, 0.5) is 0 Å². The molecule has 0 heterocycles. The first-order chi connectivity index (χ1) is 7.00. The number of primary sulfonamides is 1. The summed E-state index contributed by atoms with van der Waals surface area (Å²) in [6.07, 6.45) is 0. The molecule has 1 radical (unpaired) electrons. The zero-order chi connectivity index (χ0) is 11.1. The molecule has 0 fully saturated rings. The lowest BCUT2D eigenvalue weighted by atomic mass is 10.1. The van der Waals surface area contributed by atoms with Crippen LogP contribution in [0.15, 0.2) is 46.2 Å². The third kappa shape index (κ3) is 1.81. The van der Waals surface area contributed by atoms with Gasteiger partial charge in [-0.2, -0.15) is 0 Å². The number of hydrogen-bond acceptors (Lipinski definition) is 2. The van der Waals surface area contributed by atoms with E-state index in [1.807, 2.05) is 0 Å². The normalized spacial score (nSPS) is 11.8. The van der Waals surface area contributed by atoms with Gasteiger partial charge in [-0.25, -0.2) is 13.6 Å². The number of sulfonamides is 1. The molecule has 2 N–H and O–H groups in total. The van der Waals surface area contributed by atoms with Crippen LogP contribution in [0.2, 0.25) is 0 Å². The average molecular weight is 238 g/mol. The molecule has 0 aliphatic heterocycles. The van der Waals surface area contributed by atoms with E-state index in [1.54, 1.807) is 30.3 Å². The van der Waals surface area contributed by atoms with Crippen molar-refractivity contribution in [1.82, 2.24) is 0 Å². The summed E-state index contributed by atoms with van der Waals surface area (Å²) in [5, 5.41) is 6.42. The number of benzene rings is 2. The SMILES string of the molecule is NS(=O)(=O)c1cccc2c([S])cccc12. The van der Waals surface area contributed by atoms with Crippen LogP contribution in [0.5, 0.6) is 0 Å². The number of nitrogens with two attached hydrogens (primary N) is 1. The molecule has 0 aliphatic carbocycles. The monoisotopic (exact) mass is 238 g/mol. The van der Waals surface area contributed by atoms with Gasteiger partial charge >= 0.3 is 0 Å². The molecule has 2 rings (SSSR count). The van der Waals surface area contributed by atoms with Crippen molar-refractivity contribution in [3.05, 3.63) is 36.4 Å². The molecule has 0 aliphatic rings. The van der Waals surface area contributed by atoms with Crippen molar-refractivity contribution in [3.63, 3.8) is 0 Å². The lowest BCUT2D eigenvalue weighted by Gasteiger charge is -2.04. The molecular formula is C10H8NO2S2. The molecule has 0 aromatic heterocycles. The Bertz CT molecular complexity index is 620. The van der Waals surface area contributed by atoms with Gasteiger partial charge in [0.1, 0.15) is 0 Å². The third-order valence-electron chi connectivity index (χ3n) is 2.15. The number of fused-ring (bicyclic) bond motifs is 1. The van der Waals surface area contributed by atoms with Crippen LogP contribution < -0.4 is 5.14 Å². The predicted octanol–water partition coefficient (Wildman–Crippen LogP) is 2.04.